The Morgan fingerprint density at radius 1 is 0.879 bits per heavy atom. The lowest BCUT2D eigenvalue weighted by Crippen LogP contribution is -2.31. The number of anilines is 2. The first-order chi connectivity index (χ1) is 16.1. The van der Waals surface area contributed by atoms with Crippen LogP contribution in [0.5, 0.6) is 0 Å². The second-order valence-corrected chi connectivity index (χ2v) is 8.11. The summed E-state index contributed by atoms with van der Waals surface area (Å²) in [6.45, 7) is 1.71. The topological polar surface area (TPSA) is 67.2 Å². The van der Waals surface area contributed by atoms with Gasteiger partial charge in [-0.25, -0.2) is 4.39 Å². The third-order valence-corrected chi connectivity index (χ3v) is 5.92. The molecule has 1 fully saturated rings. The van der Waals surface area contributed by atoms with Crippen molar-refractivity contribution < 1.29 is 9.18 Å². The van der Waals surface area contributed by atoms with Crippen LogP contribution in [0, 0.1) is 5.82 Å². The molecule has 6 nitrogen and oxygen atoms in total. The number of amides is 1. The zero-order valence-corrected chi connectivity index (χ0v) is 18.0. The average molecular weight is 442 g/mol. The molecule has 0 bridgehead atoms. The molecule has 0 saturated carbocycles. The van der Waals surface area contributed by atoms with E-state index in [1.54, 1.807) is 54.6 Å². The molecular formula is C26H23FN4O2. The predicted octanol–water partition coefficient (Wildman–Crippen LogP) is 4.77. The van der Waals surface area contributed by atoms with Crippen LogP contribution in [0.2, 0.25) is 0 Å². The van der Waals surface area contributed by atoms with Crippen molar-refractivity contribution in [3.8, 4) is 5.69 Å². The Morgan fingerprint density at radius 3 is 2.33 bits per heavy atom. The van der Waals surface area contributed by atoms with Crippen LogP contribution in [0.4, 0.5) is 15.8 Å². The van der Waals surface area contributed by atoms with E-state index in [0.717, 1.165) is 38.0 Å². The third kappa shape index (κ3) is 4.09. The first-order valence-corrected chi connectivity index (χ1v) is 11.1. The number of aromatic nitrogens is 2. The van der Waals surface area contributed by atoms with Crippen molar-refractivity contribution in [2.75, 3.05) is 23.3 Å². The van der Waals surface area contributed by atoms with Gasteiger partial charge in [-0.15, -0.1) is 0 Å². The molecule has 0 unspecified atom stereocenters. The smallest absolute Gasteiger partial charge is 0.279 e. The first-order valence-electron chi connectivity index (χ1n) is 11.1. The Labute approximate surface area is 190 Å². The van der Waals surface area contributed by atoms with Gasteiger partial charge in [0.15, 0.2) is 5.69 Å². The highest BCUT2D eigenvalue weighted by atomic mass is 19.1. The minimum Gasteiger partial charge on any atom is -0.370 e. The van der Waals surface area contributed by atoms with E-state index in [-0.39, 0.29) is 11.3 Å². The number of piperidine rings is 1. The summed E-state index contributed by atoms with van der Waals surface area (Å²) in [5.74, 6) is -0.933. The van der Waals surface area contributed by atoms with Crippen molar-refractivity contribution in [1.29, 1.82) is 0 Å². The maximum atomic E-state index is 14.1. The fourth-order valence-corrected chi connectivity index (χ4v) is 4.30. The zero-order chi connectivity index (χ0) is 22.8. The molecule has 0 radical (unpaired) electrons. The highest BCUT2D eigenvalue weighted by Crippen LogP contribution is 2.30. The lowest BCUT2D eigenvalue weighted by atomic mass is 10.1. The monoisotopic (exact) mass is 442 g/mol. The number of fused-ring (bicyclic) bond motifs is 1. The quantitative estimate of drug-likeness (QED) is 0.495. The molecule has 1 aliphatic rings. The van der Waals surface area contributed by atoms with Crippen molar-refractivity contribution in [2.45, 2.75) is 19.3 Å². The fraction of sp³-hybridized carbons (Fsp3) is 0.192. The lowest BCUT2D eigenvalue weighted by Gasteiger charge is -2.30. The zero-order valence-electron chi connectivity index (χ0n) is 18.0. The number of benzene rings is 3. The number of nitrogens with zero attached hydrogens (tertiary/aromatic N) is 3. The second-order valence-electron chi connectivity index (χ2n) is 8.11. The Hall–Kier alpha value is -4.00. The van der Waals surface area contributed by atoms with Crippen molar-refractivity contribution in [3.63, 3.8) is 0 Å². The van der Waals surface area contributed by atoms with Crippen molar-refractivity contribution in [2.24, 2.45) is 0 Å². The summed E-state index contributed by atoms with van der Waals surface area (Å²) in [5, 5.41) is 8.11. The molecule has 7 heteroatoms. The average Bonchev–Trinajstić information content (AvgIpc) is 2.85. The number of carbonyl (C=O) groups is 1. The van der Waals surface area contributed by atoms with Gasteiger partial charge in [-0.1, -0.05) is 36.4 Å². The molecule has 1 saturated heterocycles. The maximum Gasteiger partial charge on any atom is 0.279 e. The molecule has 4 aromatic rings. The van der Waals surface area contributed by atoms with Gasteiger partial charge in [-0.05, 0) is 55.7 Å². The molecule has 1 N–H and O–H groups in total. The van der Waals surface area contributed by atoms with E-state index < -0.39 is 11.7 Å². The number of para-hydroxylation sites is 1. The Balaban J connectivity index is 1.59. The van der Waals surface area contributed by atoms with Crippen LogP contribution in [0.15, 0.2) is 77.6 Å². The van der Waals surface area contributed by atoms with Gasteiger partial charge in [0, 0.05) is 18.5 Å². The molecule has 2 heterocycles. The predicted molar refractivity (Wildman–Crippen MR) is 128 cm³/mol. The second kappa shape index (κ2) is 8.86. The van der Waals surface area contributed by atoms with Crippen molar-refractivity contribution in [1.82, 2.24) is 9.78 Å². The van der Waals surface area contributed by atoms with Crippen LogP contribution in [-0.2, 0) is 0 Å². The third-order valence-electron chi connectivity index (χ3n) is 5.92. The summed E-state index contributed by atoms with van der Waals surface area (Å²) < 4.78 is 15.4. The van der Waals surface area contributed by atoms with Gasteiger partial charge in [0.1, 0.15) is 5.82 Å². The van der Waals surface area contributed by atoms with Crippen LogP contribution < -0.4 is 15.8 Å². The molecule has 3 aromatic carbocycles. The normalized spacial score (nSPS) is 13.8. The summed E-state index contributed by atoms with van der Waals surface area (Å²) in [5.41, 5.74) is 1.52. The van der Waals surface area contributed by atoms with E-state index in [0.29, 0.717) is 22.1 Å². The molecule has 0 atom stereocenters. The summed E-state index contributed by atoms with van der Waals surface area (Å²) in [6.07, 6.45) is 3.27. The molecule has 33 heavy (non-hydrogen) atoms. The van der Waals surface area contributed by atoms with Crippen LogP contribution in [0.3, 0.4) is 0 Å². The summed E-state index contributed by atoms with van der Waals surface area (Å²) in [4.78, 5) is 28.7. The van der Waals surface area contributed by atoms with Gasteiger partial charge in [0.05, 0.1) is 22.4 Å². The van der Waals surface area contributed by atoms with E-state index >= 15 is 0 Å². The molecule has 1 aromatic heterocycles. The number of hydrogen-bond donors (Lipinski definition) is 1. The van der Waals surface area contributed by atoms with Crippen molar-refractivity contribution >= 4 is 28.1 Å². The SMILES string of the molecule is O=C(Nc1cc(F)ccc1N1CCCCC1)c1nn(-c2ccccc2)c(=O)c2ccccc12. The molecule has 0 spiro atoms. The van der Waals surface area contributed by atoms with Crippen LogP contribution >= 0.6 is 0 Å². The van der Waals surface area contributed by atoms with Gasteiger partial charge in [-0.2, -0.15) is 9.78 Å². The number of rotatable bonds is 4. The lowest BCUT2D eigenvalue weighted by molar-refractivity contribution is 0.102. The fourth-order valence-electron chi connectivity index (χ4n) is 4.30. The standard InChI is InChI=1S/C26H23FN4O2/c27-18-13-14-23(30-15-7-2-8-16-30)22(17-18)28-25(32)24-20-11-5-6-12-21(20)26(33)31(29-24)19-9-3-1-4-10-19/h1,3-6,9-14,17H,2,7-8,15-16H2,(H,28,32). The molecule has 166 valence electrons. The van der Waals surface area contributed by atoms with Gasteiger partial charge in [0.2, 0.25) is 0 Å². The number of hydrogen-bond acceptors (Lipinski definition) is 4. The summed E-state index contributed by atoms with van der Waals surface area (Å²) in [7, 11) is 0. The minimum atomic E-state index is -0.500. The number of halogens is 1. The molecule has 5 rings (SSSR count). The van der Waals surface area contributed by atoms with E-state index in [1.807, 2.05) is 6.07 Å². The highest BCUT2D eigenvalue weighted by molar-refractivity contribution is 6.12. The van der Waals surface area contributed by atoms with E-state index in [2.05, 4.69) is 15.3 Å². The summed E-state index contributed by atoms with van der Waals surface area (Å²) >= 11 is 0. The molecule has 1 amide bonds. The van der Waals surface area contributed by atoms with E-state index in [1.165, 1.54) is 16.8 Å². The van der Waals surface area contributed by atoms with E-state index in [9.17, 15) is 14.0 Å². The number of carbonyl (C=O) groups excluding carboxylic acids is 1. The minimum absolute atomic E-state index is 0.0999. The van der Waals surface area contributed by atoms with Gasteiger partial charge >= 0.3 is 0 Å². The van der Waals surface area contributed by atoms with Gasteiger partial charge in [-0.3, -0.25) is 9.59 Å². The first kappa shape index (κ1) is 20.9. The van der Waals surface area contributed by atoms with Gasteiger partial charge in [0.25, 0.3) is 11.5 Å². The van der Waals surface area contributed by atoms with Crippen LogP contribution in [0.1, 0.15) is 29.8 Å². The maximum absolute atomic E-state index is 14.1. The Morgan fingerprint density at radius 2 is 1.58 bits per heavy atom. The van der Waals surface area contributed by atoms with Gasteiger partial charge < -0.3 is 10.2 Å². The largest absolute Gasteiger partial charge is 0.370 e. The molecule has 0 aliphatic carbocycles. The van der Waals surface area contributed by atoms with E-state index in [4.69, 9.17) is 0 Å². The Kier molecular flexibility index (Phi) is 5.60. The summed E-state index contributed by atoms with van der Waals surface area (Å²) in [6, 6.07) is 20.3. The molecular weight excluding hydrogens is 419 g/mol. The molecule has 1 aliphatic heterocycles. The van der Waals surface area contributed by atoms with Crippen LogP contribution in [-0.4, -0.2) is 28.8 Å². The Bertz CT molecular complexity index is 1380. The number of nitrogens with one attached hydrogen (secondary N) is 1. The van der Waals surface area contributed by atoms with Crippen LogP contribution in [0.25, 0.3) is 16.5 Å². The van der Waals surface area contributed by atoms with Crippen molar-refractivity contribution in [3.05, 3.63) is 94.7 Å². The highest BCUT2D eigenvalue weighted by Gasteiger charge is 2.21.